The predicted molar refractivity (Wildman–Crippen MR) is 56.2 cm³/mol. The summed E-state index contributed by atoms with van der Waals surface area (Å²) in [5, 5.41) is 31.6. The Kier molecular flexibility index (Phi) is 2.68. The summed E-state index contributed by atoms with van der Waals surface area (Å²) in [5.41, 5.74) is 0.507. The Bertz CT molecular complexity index is 336. The van der Waals surface area contributed by atoms with Crippen LogP contribution in [0.4, 0.5) is 0 Å². The molecule has 1 atom stereocenters. The van der Waals surface area contributed by atoms with E-state index in [2.05, 4.69) is 5.32 Å². The summed E-state index contributed by atoms with van der Waals surface area (Å²) in [5.74, 6) is -0.199. The lowest BCUT2D eigenvalue weighted by atomic mass is 10.0. The van der Waals surface area contributed by atoms with Crippen molar-refractivity contribution in [2.75, 3.05) is 6.54 Å². The molecule has 1 heterocycles. The van der Waals surface area contributed by atoms with Crippen LogP contribution in [0.25, 0.3) is 0 Å². The summed E-state index contributed by atoms with van der Waals surface area (Å²) in [6.45, 7) is 0.990. The second-order valence-electron chi connectivity index (χ2n) is 3.96. The zero-order chi connectivity index (χ0) is 10.8. The van der Waals surface area contributed by atoms with Crippen LogP contribution in [-0.2, 0) is 6.42 Å². The van der Waals surface area contributed by atoms with E-state index in [1.807, 2.05) is 0 Å². The van der Waals surface area contributed by atoms with Crippen LogP contribution in [0.1, 0.15) is 18.4 Å². The fourth-order valence-corrected chi connectivity index (χ4v) is 2.01. The highest BCUT2D eigenvalue weighted by Gasteiger charge is 2.18. The van der Waals surface area contributed by atoms with Gasteiger partial charge in [-0.25, -0.2) is 0 Å². The summed E-state index contributed by atoms with van der Waals surface area (Å²) in [6, 6.07) is 2.82. The third-order valence-electron chi connectivity index (χ3n) is 2.80. The van der Waals surface area contributed by atoms with E-state index in [1.54, 1.807) is 0 Å². The average molecular weight is 209 g/mol. The Morgan fingerprint density at radius 2 is 1.87 bits per heavy atom. The summed E-state index contributed by atoms with van der Waals surface area (Å²) in [6.07, 6.45) is 2.78. The second kappa shape index (κ2) is 3.98. The molecular formula is C11H15NO3. The molecule has 1 aromatic carbocycles. The molecule has 1 fully saturated rings. The maximum atomic E-state index is 9.58. The highest BCUT2D eigenvalue weighted by molar-refractivity contribution is 5.49. The minimum absolute atomic E-state index is 0.0406. The summed E-state index contributed by atoms with van der Waals surface area (Å²) >= 11 is 0. The number of benzene rings is 1. The third-order valence-corrected chi connectivity index (χ3v) is 2.80. The first-order valence-electron chi connectivity index (χ1n) is 5.14. The smallest absolute Gasteiger partial charge is 0.126 e. The van der Waals surface area contributed by atoms with Crippen molar-refractivity contribution in [3.8, 4) is 17.2 Å². The van der Waals surface area contributed by atoms with Gasteiger partial charge in [-0.15, -0.1) is 0 Å². The fourth-order valence-electron chi connectivity index (χ4n) is 2.01. The van der Waals surface area contributed by atoms with Crippen molar-refractivity contribution in [2.45, 2.75) is 25.3 Å². The van der Waals surface area contributed by atoms with Gasteiger partial charge in [0.15, 0.2) is 0 Å². The lowest BCUT2D eigenvalue weighted by molar-refractivity contribution is 0.413. The first-order chi connectivity index (χ1) is 7.16. The van der Waals surface area contributed by atoms with Crippen molar-refractivity contribution < 1.29 is 15.3 Å². The zero-order valence-electron chi connectivity index (χ0n) is 8.40. The molecule has 0 spiro atoms. The molecule has 4 N–H and O–H groups in total. The van der Waals surface area contributed by atoms with Gasteiger partial charge in [0.05, 0.1) is 0 Å². The summed E-state index contributed by atoms with van der Waals surface area (Å²) in [7, 11) is 0. The molecule has 0 aliphatic carbocycles. The molecule has 2 rings (SSSR count). The van der Waals surface area contributed by atoms with Crippen molar-refractivity contribution in [2.24, 2.45) is 0 Å². The first kappa shape index (κ1) is 10.1. The van der Waals surface area contributed by atoms with Gasteiger partial charge < -0.3 is 20.6 Å². The monoisotopic (exact) mass is 209 g/mol. The van der Waals surface area contributed by atoms with Gasteiger partial charge in [-0.3, -0.25) is 0 Å². The van der Waals surface area contributed by atoms with E-state index < -0.39 is 0 Å². The summed E-state index contributed by atoms with van der Waals surface area (Å²) < 4.78 is 0. The number of hydrogen-bond acceptors (Lipinski definition) is 4. The lowest BCUT2D eigenvalue weighted by Crippen LogP contribution is -2.23. The molecule has 1 unspecified atom stereocenters. The Balaban J connectivity index is 2.19. The number of aromatic hydroxyl groups is 3. The molecule has 0 radical (unpaired) electrons. The Morgan fingerprint density at radius 3 is 2.40 bits per heavy atom. The minimum Gasteiger partial charge on any atom is -0.508 e. The standard InChI is InChI=1S/C11H15NO3/c13-8-5-10(14)9(11(15)6-8)4-7-2-1-3-12-7/h5-7,12-15H,1-4H2. The van der Waals surface area contributed by atoms with Gasteiger partial charge in [-0.05, 0) is 25.8 Å². The van der Waals surface area contributed by atoms with E-state index in [0.29, 0.717) is 18.0 Å². The van der Waals surface area contributed by atoms with E-state index >= 15 is 0 Å². The molecule has 0 aromatic heterocycles. The quantitative estimate of drug-likeness (QED) is 0.588. The predicted octanol–water partition coefficient (Wildman–Crippen LogP) is 1.10. The summed E-state index contributed by atoms with van der Waals surface area (Å²) in [4.78, 5) is 0. The van der Waals surface area contributed by atoms with Crippen LogP contribution in [0.2, 0.25) is 0 Å². The molecule has 1 aromatic rings. The highest BCUT2D eigenvalue weighted by Crippen LogP contribution is 2.33. The van der Waals surface area contributed by atoms with Gasteiger partial charge in [0.2, 0.25) is 0 Å². The van der Waals surface area contributed by atoms with E-state index in [1.165, 1.54) is 12.1 Å². The Morgan fingerprint density at radius 1 is 1.20 bits per heavy atom. The molecule has 15 heavy (non-hydrogen) atoms. The van der Waals surface area contributed by atoms with Crippen LogP contribution in [0.15, 0.2) is 12.1 Å². The van der Waals surface area contributed by atoms with E-state index in [4.69, 9.17) is 5.11 Å². The van der Waals surface area contributed by atoms with Crippen LogP contribution < -0.4 is 5.32 Å². The molecule has 1 aliphatic heterocycles. The van der Waals surface area contributed by atoms with Crippen LogP contribution in [-0.4, -0.2) is 27.9 Å². The molecule has 0 amide bonds. The number of rotatable bonds is 2. The molecule has 0 saturated carbocycles. The number of phenols is 3. The largest absolute Gasteiger partial charge is 0.508 e. The highest BCUT2D eigenvalue weighted by atomic mass is 16.3. The van der Waals surface area contributed by atoms with Crippen molar-refractivity contribution in [3.63, 3.8) is 0 Å². The van der Waals surface area contributed by atoms with Gasteiger partial charge in [0.25, 0.3) is 0 Å². The van der Waals surface area contributed by atoms with Crippen molar-refractivity contribution in [3.05, 3.63) is 17.7 Å². The van der Waals surface area contributed by atoms with Crippen molar-refractivity contribution in [1.82, 2.24) is 5.32 Å². The van der Waals surface area contributed by atoms with Crippen molar-refractivity contribution in [1.29, 1.82) is 0 Å². The van der Waals surface area contributed by atoms with Gasteiger partial charge in [-0.2, -0.15) is 0 Å². The molecule has 0 bridgehead atoms. The maximum Gasteiger partial charge on any atom is 0.126 e. The van der Waals surface area contributed by atoms with E-state index in [0.717, 1.165) is 19.4 Å². The third kappa shape index (κ3) is 2.15. The van der Waals surface area contributed by atoms with E-state index in [-0.39, 0.29) is 17.2 Å². The topological polar surface area (TPSA) is 72.7 Å². The van der Waals surface area contributed by atoms with Crippen LogP contribution in [0.3, 0.4) is 0 Å². The number of phenolic OH excluding ortho intramolecular Hbond substituents is 3. The Hall–Kier alpha value is -1.42. The zero-order valence-corrected chi connectivity index (χ0v) is 8.40. The van der Waals surface area contributed by atoms with Crippen LogP contribution in [0.5, 0.6) is 17.2 Å². The van der Waals surface area contributed by atoms with Gasteiger partial charge in [0, 0.05) is 23.7 Å². The normalized spacial score (nSPS) is 20.7. The maximum absolute atomic E-state index is 9.58. The van der Waals surface area contributed by atoms with Gasteiger partial charge >= 0.3 is 0 Å². The lowest BCUT2D eigenvalue weighted by Gasteiger charge is -2.13. The number of hydrogen-bond donors (Lipinski definition) is 4. The second-order valence-corrected chi connectivity index (χ2v) is 3.96. The van der Waals surface area contributed by atoms with Crippen molar-refractivity contribution >= 4 is 0 Å². The minimum atomic E-state index is -0.117. The van der Waals surface area contributed by atoms with Crippen LogP contribution >= 0.6 is 0 Å². The molecule has 1 saturated heterocycles. The first-order valence-corrected chi connectivity index (χ1v) is 5.14. The molecular weight excluding hydrogens is 194 g/mol. The Labute approximate surface area is 88.2 Å². The fraction of sp³-hybridized carbons (Fsp3) is 0.455. The van der Waals surface area contributed by atoms with Crippen LogP contribution in [0, 0.1) is 0 Å². The molecule has 4 heteroatoms. The SMILES string of the molecule is Oc1cc(O)c(CC2CCCN2)c(O)c1. The molecule has 82 valence electrons. The molecule has 1 aliphatic rings. The van der Waals surface area contributed by atoms with Gasteiger partial charge in [-0.1, -0.05) is 0 Å². The number of nitrogens with one attached hydrogen (secondary N) is 1. The van der Waals surface area contributed by atoms with Gasteiger partial charge in [0.1, 0.15) is 17.2 Å². The molecule has 4 nitrogen and oxygen atoms in total. The average Bonchev–Trinajstić information content (AvgIpc) is 2.63. The van der Waals surface area contributed by atoms with E-state index in [9.17, 15) is 10.2 Å².